The fourth-order valence-electron chi connectivity index (χ4n) is 6.91. The monoisotopic (exact) mass is 430 g/mol. The molecule has 0 aromatic heterocycles. The zero-order valence-electron chi connectivity index (χ0n) is 19.2. The average Bonchev–Trinajstić information content (AvgIpc) is 3.21. The normalized spacial score (nSPS) is 45.6. The van der Waals surface area contributed by atoms with Gasteiger partial charge in [0.15, 0.2) is 17.5 Å². The maximum atomic E-state index is 14.2. The quantitative estimate of drug-likeness (QED) is 0.361. The van der Waals surface area contributed by atoms with Gasteiger partial charge in [0.2, 0.25) is 0 Å². The van der Waals surface area contributed by atoms with E-state index in [4.69, 9.17) is 4.74 Å². The lowest BCUT2D eigenvalue weighted by Crippen LogP contribution is -2.65. The zero-order valence-corrected chi connectivity index (χ0v) is 19.2. The van der Waals surface area contributed by atoms with Crippen LogP contribution >= 0.6 is 0 Å². The Morgan fingerprint density at radius 3 is 2.58 bits per heavy atom. The van der Waals surface area contributed by atoms with Gasteiger partial charge in [0, 0.05) is 11.5 Å². The molecular formula is C25H34O6. The van der Waals surface area contributed by atoms with Gasteiger partial charge >= 0.3 is 5.97 Å². The highest BCUT2D eigenvalue weighted by molar-refractivity contribution is 5.96. The van der Waals surface area contributed by atoms with Gasteiger partial charge in [0.1, 0.15) is 6.10 Å². The second kappa shape index (κ2) is 6.87. The first-order valence-electron chi connectivity index (χ1n) is 11.2. The predicted molar refractivity (Wildman–Crippen MR) is 115 cm³/mol. The number of rotatable bonds is 3. The minimum atomic E-state index is -2.08. The van der Waals surface area contributed by atoms with E-state index < -0.39 is 41.7 Å². The molecule has 170 valence electrons. The Kier molecular flexibility index (Phi) is 4.97. The number of hydrogen-bond donors (Lipinski definition) is 3. The van der Waals surface area contributed by atoms with Crippen LogP contribution in [0.2, 0.25) is 0 Å². The Labute approximate surface area is 183 Å². The summed E-state index contributed by atoms with van der Waals surface area (Å²) in [4.78, 5) is 26.8. The summed E-state index contributed by atoms with van der Waals surface area (Å²) in [5, 5.41) is 33.7. The van der Waals surface area contributed by atoms with Crippen LogP contribution in [0.5, 0.6) is 0 Å². The maximum absolute atomic E-state index is 14.2. The lowest BCUT2D eigenvalue weighted by molar-refractivity contribution is -0.201. The molecule has 0 heterocycles. The number of esters is 1. The van der Waals surface area contributed by atoms with Crippen molar-refractivity contribution in [2.45, 2.75) is 65.8 Å². The van der Waals surface area contributed by atoms with Crippen molar-refractivity contribution in [2.75, 3.05) is 6.61 Å². The number of aliphatic hydroxyl groups excluding tert-OH is 2. The van der Waals surface area contributed by atoms with Crippen molar-refractivity contribution in [1.29, 1.82) is 0 Å². The van der Waals surface area contributed by atoms with Crippen molar-refractivity contribution in [3.05, 3.63) is 34.9 Å². The highest BCUT2D eigenvalue weighted by Crippen LogP contribution is 2.71. The number of carbonyl (C=O) groups excluding carboxylic acids is 2. The molecule has 8 atom stereocenters. The molecule has 4 aliphatic rings. The molecule has 0 saturated heterocycles. The predicted octanol–water partition coefficient (Wildman–Crippen LogP) is 2.33. The lowest BCUT2D eigenvalue weighted by atomic mass is 9.59. The van der Waals surface area contributed by atoms with E-state index in [2.05, 4.69) is 13.8 Å². The third-order valence-corrected chi connectivity index (χ3v) is 8.88. The number of aliphatic hydroxyl groups is 3. The molecule has 1 unspecified atom stereocenters. The second-order valence-electron chi connectivity index (χ2n) is 10.6. The fourth-order valence-corrected chi connectivity index (χ4v) is 6.91. The zero-order chi connectivity index (χ0) is 23.1. The van der Waals surface area contributed by atoms with E-state index in [0.717, 1.165) is 6.42 Å². The van der Waals surface area contributed by atoms with Gasteiger partial charge in [-0.1, -0.05) is 39.0 Å². The van der Waals surface area contributed by atoms with Gasteiger partial charge in [-0.25, -0.2) is 4.79 Å². The Morgan fingerprint density at radius 2 is 2.00 bits per heavy atom. The van der Waals surface area contributed by atoms with Crippen LogP contribution in [0.25, 0.3) is 0 Å². The lowest BCUT2D eigenvalue weighted by Gasteiger charge is -2.48. The molecule has 6 nitrogen and oxygen atoms in total. The molecule has 3 N–H and O–H groups in total. The van der Waals surface area contributed by atoms with Gasteiger partial charge in [-0.15, -0.1) is 0 Å². The van der Waals surface area contributed by atoms with Crippen LogP contribution in [-0.2, 0) is 14.3 Å². The van der Waals surface area contributed by atoms with E-state index in [1.807, 2.05) is 6.92 Å². The average molecular weight is 431 g/mol. The smallest absolute Gasteiger partial charge is 0.334 e. The number of carbonyl (C=O) groups is 2. The van der Waals surface area contributed by atoms with Crippen molar-refractivity contribution < 1.29 is 29.6 Å². The van der Waals surface area contributed by atoms with Gasteiger partial charge < -0.3 is 20.1 Å². The third-order valence-electron chi connectivity index (χ3n) is 8.88. The van der Waals surface area contributed by atoms with Crippen LogP contribution in [0.4, 0.5) is 0 Å². The van der Waals surface area contributed by atoms with Gasteiger partial charge in [0.25, 0.3) is 0 Å². The van der Waals surface area contributed by atoms with Gasteiger partial charge in [-0.05, 0) is 61.5 Å². The number of fused-ring (bicyclic) bond motifs is 3. The topological polar surface area (TPSA) is 104 Å². The molecule has 0 aliphatic heterocycles. The molecular weight excluding hydrogens is 396 g/mol. The number of allylic oxidation sites excluding steroid dienone is 2. The summed E-state index contributed by atoms with van der Waals surface area (Å²) in [5.41, 5.74) is -2.36. The van der Waals surface area contributed by atoms with Crippen LogP contribution in [0.15, 0.2) is 34.9 Å². The Hall–Kier alpha value is -1.76. The van der Waals surface area contributed by atoms with Crippen LogP contribution in [0.3, 0.4) is 0 Å². The summed E-state index contributed by atoms with van der Waals surface area (Å²) >= 11 is 0. The van der Waals surface area contributed by atoms with Crippen LogP contribution in [-0.4, -0.2) is 51.5 Å². The van der Waals surface area contributed by atoms with E-state index in [1.54, 1.807) is 39.0 Å². The summed E-state index contributed by atoms with van der Waals surface area (Å²) < 4.78 is 5.72. The number of hydrogen-bond acceptors (Lipinski definition) is 6. The molecule has 0 aromatic carbocycles. The highest BCUT2D eigenvalue weighted by atomic mass is 16.6. The summed E-state index contributed by atoms with van der Waals surface area (Å²) in [6.45, 7) is 10.8. The number of ketones is 1. The largest absolute Gasteiger partial charge is 0.451 e. The first-order valence-corrected chi connectivity index (χ1v) is 11.2. The second-order valence-corrected chi connectivity index (χ2v) is 10.6. The Morgan fingerprint density at radius 1 is 1.35 bits per heavy atom. The van der Waals surface area contributed by atoms with Gasteiger partial charge in [-0.2, -0.15) is 0 Å². The van der Waals surface area contributed by atoms with Crippen molar-refractivity contribution >= 4 is 11.8 Å². The molecule has 2 bridgehead atoms. The van der Waals surface area contributed by atoms with Gasteiger partial charge in [0.05, 0.1) is 12.0 Å². The molecule has 2 saturated carbocycles. The first kappa shape index (κ1) is 22.4. The molecule has 0 aromatic rings. The van der Waals surface area contributed by atoms with Crippen LogP contribution < -0.4 is 0 Å². The molecule has 6 heteroatoms. The molecule has 4 aliphatic carbocycles. The molecule has 2 fully saturated rings. The van der Waals surface area contributed by atoms with E-state index in [9.17, 15) is 24.9 Å². The Balaban J connectivity index is 1.91. The third kappa shape index (κ3) is 2.61. The molecule has 4 rings (SSSR count). The summed E-state index contributed by atoms with van der Waals surface area (Å²) in [5.74, 6) is -1.13. The van der Waals surface area contributed by atoms with Crippen molar-refractivity contribution in [1.82, 2.24) is 0 Å². The maximum Gasteiger partial charge on any atom is 0.334 e. The van der Waals surface area contributed by atoms with Crippen LogP contribution in [0, 0.1) is 34.5 Å². The van der Waals surface area contributed by atoms with Crippen molar-refractivity contribution in [2.24, 2.45) is 34.5 Å². The number of Topliss-reactive ketones (excluding diaryl/α,β-unsaturated/α-hetero) is 1. The van der Waals surface area contributed by atoms with Crippen LogP contribution in [0.1, 0.15) is 48.0 Å². The number of ether oxygens (including phenoxy) is 1. The molecule has 1 spiro atoms. The standard InChI is InChI=1S/C25H34O6/c1-7-12(2)22(29)31-21-13(3)10-24-14(4)8-17-18(23(17,5)6)16(20(24)28)9-15(11-26)19(27)25(21,24)30/h7,9-10,14,16-19,21,26-27,30H,8,11H2,1-6H3/b12-7-/t14-,16+,17?,18+,19-,21+,24+,25+/m1/s1. The highest BCUT2D eigenvalue weighted by Gasteiger charge is 2.76. The van der Waals surface area contributed by atoms with E-state index in [0.29, 0.717) is 17.1 Å². The van der Waals surface area contributed by atoms with E-state index >= 15 is 0 Å². The Bertz CT molecular complexity index is 926. The fraction of sp³-hybridized carbons (Fsp3) is 0.680. The van der Waals surface area contributed by atoms with Gasteiger partial charge in [-0.3, -0.25) is 4.79 Å². The summed E-state index contributed by atoms with van der Waals surface area (Å²) in [6.07, 6.45) is 3.04. The molecule has 0 amide bonds. The van der Waals surface area contributed by atoms with E-state index in [-0.39, 0.29) is 28.6 Å². The SMILES string of the molecule is C/C=C(/C)C(=O)O[C@H]1C(C)=C[C@]23C(=O)[C@@H](C=C(CO)[C@@H](O)[C@]12O)[C@H]1C(C[C@H]3C)C1(C)C. The minimum absolute atomic E-state index is 0.0209. The summed E-state index contributed by atoms with van der Waals surface area (Å²) in [7, 11) is 0. The minimum Gasteiger partial charge on any atom is -0.451 e. The molecule has 0 radical (unpaired) electrons. The van der Waals surface area contributed by atoms with E-state index in [1.165, 1.54) is 0 Å². The van der Waals surface area contributed by atoms with Crippen molar-refractivity contribution in [3.8, 4) is 0 Å². The summed E-state index contributed by atoms with van der Waals surface area (Å²) in [6, 6.07) is 0. The molecule has 31 heavy (non-hydrogen) atoms. The first-order chi connectivity index (χ1) is 14.4. The van der Waals surface area contributed by atoms with Crippen molar-refractivity contribution in [3.63, 3.8) is 0 Å².